The maximum Gasteiger partial charge on any atom is 0.290 e. The number of nitrogens with one attached hydrogen (secondary N) is 1. The molecule has 6 rings (SSSR count). The molecule has 1 fully saturated rings. The zero-order valence-electron chi connectivity index (χ0n) is 33.8. The van der Waals surface area contributed by atoms with Gasteiger partial charge in [-0.05, 0) is 67.3 Å². The van der Waals surface area contributed by atoms with E-state index in [0.29, 0.717) is 69.3 Å². The number of amides is 1. The highest BCUT2D eigenvalue weighted by molar-refractivity contribution is 6.05. The number of ether oxygens (including phenoxy) is 2. The van der Waals surface area contributed by atoms with Gasteiger partial charge in [0.15, 0.2) is 11.4 Å². The number of piperidine rings is 1. The molecule has 13 nitrogen and oxygen atoms in total. The van der Waals surface area contributed by atoms with Crippen molar-refractivity contribution in [1.82, 2.24) is 24.8 Å². The third kappa shape index (κ3) is 9.92. The molecule has 0 bridgehead atoms. The van der Waals surface area contributed by atoms with Crippen molar-refractivity contribution in [3.05, 3.63) is 76.6 Å². The van der Waals surface area contributed by atoms with Crippen LogP contribution in [0.5, 0.6) is 5.88 Å². The topological polar surface area (TPSA) is 164 Å². The second-order valence-corrected chi connectivity index (χ2v) is 16.0. The number of pyridine rings is 2. The van der Waals surface area contributed by atoms with Gasteiger partial charge in [0.1, 0.15) is 16.9 Å². The van der Waals surface area contributed by atoms with Crippen molar-refractivity contribution in [3.63, 3.8) is 0 Å². The lowest BCUT2D eigenvalue weighted by Crippen LogP contribution is -2.51. The average Bonchev–Trinajstić information content (AvgIpc) is 3.55. The molecule has 0 spiro atoms. The molecule has 1 aliphatic heterocycles. The Morgan fingerprint density at radius 2 is 1.93 bits per heavy atom. The van der Waals surface area contributed by atoms with E-state index in [1.54, 1.807) is 19.5 Å². The maximum atomic E-state index is 13.3. The number of benzene rings is 1. The number of aromatic amines is 1. The first-order chi connectivity index (χ1) is 26.8. The minimum Gasteiger partial charge on any atom is -0.483 e. The fourth-order valence-corrected chi connectivity index (χ4v) is 7.39. The summed E-state index contributed by atoms with van der Waals surface area (Å²) in [5.41, 5.74) is 4.50. The van der Waals surface area contributed by atoms with E-state index < -0.39 is 5.41 Å². The second-order valence-electron chi connectivity index (χ2n) is 16.0. The van der Waals surface area contributed by atoms with Crippen LogP contribution in [-0.2, 0) is 26.2 Å². The standard InChI is InChI=1S/C42H54N6O5.CH2O2/c1-28-27-48(22-19-42(28,5)32-25-29(26-44-39(32)50)30-14-10-20-43-40(30)51-7)35(49)16-11-23-52-24-17-34-45-36-31-13-8-9-15-33(31)53-37(36)38(46-34)47(6)21-12-18-41(2,3)4;2-1-3/h8-10,13-15,20,25-26,28H,11-12,16-19,21-24,27H2,1-7H3,(H,44,50);1H,(H,2,3). The van der Waals surface area contributed by atoms with Crippen LogP contribution in [0.3, 0.4) is 0 Å². The molecule has 2 atom stereocenters. The van der Waals surface area contributed by atoms with Gasteiger partial charge in [-0.2, -0.15) is 0 Å². The molecule has 13 heteroatoms. The van der Waals surface area contributed by atoms with E-state index in [-0.39, 0.29) is 29.3 Å². The van der Waals surface area contributed by atoms with E-state index in [9.17, 15) is 9.59 Å². The number of likely N-dealkylation sites (tertiary alicyclic amines) is 1. The fraction of sp³-hybridized carbons (Fsp3) is 0.488. The Balaban J connectivity index is 0.00000194. The number of nitrogens with zero attached hydrogens (tertiary/aromatic N) is 5. The van der Waals surface area contributed by atoms with Crippen molar-refractivity contribution < 1.29 is 28.6 Å². The first kappa shape index (κ1) is 41.9. The Hall–Kier alpha value is -5.30. The summed E-state index contributed by atoms with van der Waals surface area (Å²) in [4.78, 5) is 56.0. The van der Waals surface area contributed by atoms with Gasteiger partial charge < -0.3 is 33.8 Å². The predicted octanol–water partition coefficient (Wildman–Crippen LogP) is 7.26. The minimum atomic E-state index is -0.395. The molecule has 0 radical (unpaired) electrons. The van der Waals surface area contributed by atoms with Crippen LogP contribution in [0.25, 0.3) is 33.2 Å². The molecule has 4 aromatic heterocycles. The lowest BCUT2D eigenvalue weighted by molar-refractivity contribution is -0.134. The number of para-hydroxylation sites is 1. The predicted molar refractivity (Wildman–Crippen MR) is 218 cm³/mol. The van der Waals surface area contributed by atoms with Crippen LogP contribution in [0.15, 0.2) is 64.1 Å². The monoisotopic (exact) mass is 768 g/mol. The van der Waals surface area contributed by atoms with Gasteiger partial charge in [-0.3, -0.25) is 14.4 Å². The minimum absolute atomic E-state index is 0.0794. The Morgan fingerprint density at radius 1 is 1.16 bits per heavy atom. The van der Waals surface area contributed by atoms with Crippen molar-refractivity contribution in [2.75, 3.05) is 51.9 Å². The Labute approximate surface area is 328 Å². The van der Waals surface area contributed by atoms with Gasteiger partial charge in [0.2, 0.25) is 11.8 Å². The summed E-state index contributed by atoms with van der Waals surface area (Å²) < 4.78 is 17.7. The number of H-pyrrole nitrogens is 1. The van der Waals surface area contributed by atoms with Gasteiger partial charge >= 0.3 is 0 Å². The molecule has 2 unspecified atom stereocenters. The summed E-state index contributed by atoms with van der Waals surface area (Å²) in [6.07, 6.45) is 7.84. The molecule has 5 aromatic rings. The molecule has 1 aliphatic rings. The van der Waals surface area contributed by atoms with E-state index in [1.807, 2.05) is 47.4 Å². The van der Waals surface area contributed by atoms with Gasteiger partial charge in [-0.1, -0.05) is 46.8 Å². The quantitative estimate of drug-likeness (QED) is 0.0863. The highest BCUT2D eigenvalue weighted by atomic mass is 16.5. The van der Waals surface area contributed by atoms with E-state index in [0.717, 1.165) is 58.4 Å². The van der Waals surface area contributed by atoms with E-state index >= 15 is 0 Å². The Morgan fingerprint density at radius 3 is 2.66 bits per heavy atom. The van der Waals surface area contributed by atoms with Crippen LogP contribution in [0.4, 0.5) is 5.82 Å². The van der Waals surface area contributed by atoms with Gasteiger partial charge in [0.05, 0.1) is 13.7 Å². The summed E-state index contributed by atoms with van der Waals surface area (Å²) in [5, 5.41) is 7.87. The second kappa shape index (κ2) is 18.6. The number of carbonyl (C=O) groups excluding carboxylic acids is 1. The van der Waals surface area contributed by atoms with E-state index in [4.69, 9.17) is 33.8 Å². The lowest BCUT2D eigenvalue weighted by atomic mass is 9.68. The third-order valence-electron chi connectivity index (χ3n) is 10.8. The molecule has 1 aromatic carbocycles. The molecular weight excluding hydrogens is 713 g/mol. The Bertz CT molecular complexity index is 2160. The van der Waals surface area contributed by atoms with Crippen molar-refractivity contribution >= 4 is 40.3 Å². The molecular formula is C43H56N6O7. The first-order valence-corrected chi connectivity index (χ1v) is 19.3. The van der Waals surface area contributed by atoms with Crippen LogP contribution in [0, 0.1) is 11.3 Å². The average molecular weight is 769 g/mol. The molecule has 1 amide bonds. The van der Waals surface area contributed by atoms with Gasteiger partial charge in [-0.25, -0.2) is 15.0 Å². The number of hydrogen-bond donors (Lipinski definition) is 2. The Kier molecular flexibility index (Phi) is 13.9. The number of rotatable bonds is 14. The summed E-state index contributed by atoms with van der Waals surface area (Å²) in [7, 11) is 3.65. The number of furan rings is 1. The van der Waals surface area contributed by atoms with Crippen molar-refractivity contribution in [3.8, 4) is 17.0 Å². The van der Waals surface area contributed by atoms with Gasteiger partial charge in [0.25, 0.3) is 12.0 Å². The third-order valence-corrected chi connectivity index (χ3v) is 10.8. The van der Waals surface area contributed by atoms with Crippen LogP contribution < -0.4 is 15.2 Å². The number of hydrogen-bond acceptors (Lipinski definition) is 10. The SMILES string of the molecule is COc1ncccc1-c1c[nH]c(=O)c(C2(C)CCN(C(=O)CCCOCCc3nc(N(C)CCCC(C)(C)C)c4oc5ccccc5c4n3)CC2C)c1.O=CO. The zero-order valence-corrected chi connectivity index (χ0v) is 33.8. The molecule has 56 heavy (non-hydrogen) atoms. The molecule has 1 saturated heterocycles. The maximum absolute atomic E-state index is 13.3. The van der Waals surface area contributed by atoms with Crippen LogP contribution in [-0.4, -0.2) is 89.3 Å². The zero-order chi connectivity index (χ0) is 40.5. The highest BCUT2D eigenvalue weighted by Crippen LogP contribution is 2.40. The smallest absolute Gasteiger partial charge is 0.290 e. The molecule has 0 aliphatic carbocycles. The number of carbonyl (C=O) groups is 2. The van der Waals surface area contributed by atoms with Crippen LogP contribution >= 0.6 is 0 Å². The van der Waals surface area contributed by atoms with E-state index in [1.165, 1.54) is 0 Å². The number of fused-ring (bicyclic) bond motifs is 3. The van der Waals surface area contributed by atoms with Crippen LogP contribution in [0.2, 0.25) is 0 Å². The number of anilines is 1. The van der Waals surface area contributed by atoms with Crippen molar-refractivity contribution in [2.45, 2.75) is 78.6 Å². The van der Waals surface area contributed by atoms with Crippen molar-refractivity contribution in [2.24, 2.45) is 11.3 Å². The largest absolute Gasteiger partial charge is 0.483 e. The lowest BCUT2D eigenvalue weighted by Gasteiger charge is -2.44. The fourth-order valence-electron chi connectivity index (χ4n) is 7.39. The summed E-state index contributed by atoms with van der Waals surface area (Å²) >= 11 is 0. The summed E-state index contributed by atoms with van der Waals surface area (Å²) in [6, 6.07) is 13.7. The molecule has 300 valence electrons. The van der Waals surface area contributed by atoms with Crippen molar-refractivity contribution in [1.29, 1.82) is 0 Å². The number of carboxylic acid groups (broad SMARTS) is 1. The molecule has 2 N–H and O–H groups in total. The van der Waals surface area contributed by atoms with Gasteiger partial charge in [0, 0.05) is 86.0 Å². The number of methoxy groups -OCH3 is 1. The van der Waals surface area contributed by atoms with E-state index in [2.05, 4.69) is 56.5 Å². The summed E-state index contributed by atoms with van der Waals surface area (Å²) in [5.74, 6) is 2.22. The normalized spacial score (nSPS) is 17.1. The number of aromatic nitrogens is 4. The first-order valence-electron chi connectivity index (χ1n) is 19.3. The summed E-state index contributed by atoms with van der Waals surface area (Å²) in [6.45, 7) is 13.8. The van der Waals surface area contributed by atoms with Crippen LogP contribution in [0.1, 0.15) is 78.1 Å². The highest BCUT2D eigenvalue weighted by Gasteiger charge is 2.41. The molecule has 0 saturated carbocycles. The van der Waals surface area contributed by atoms with Gasteiger partial charge in [-0.15, -0.1) is 0 Å². The molecule has 5 heterocycles.